The minimum absolute atomic E-state index is 0.332. The van der Waals surface area contributed by atoms with Crippen LogP contribution in [0.2, 0.25) is 0 Å². The van der Waals surface area contributed by atoms with E-state index in [0.717, 1.165) is 34.8 Å². The lowest BCUT2D eigenvalue weighted by atomic mass is 9.66. The molecule has 0 saturated heterocycles. The Hall–Kier alpha value is -1.42. The molecule has 3 aliphatic carbocycles. The Morgan fingerprint density at radius 1 is 1.09 bits per heavy atom. The summed E-state index contributed by atoms with van der Waals surface area (Å²) in [6.07, 6.45) is 9.98. The Labute approximate surface area is 139 Å². The molecule has 4 heteroatoms. The molecule has 2 aromatic rings. The molecule has 1 aromatic heterocycles. The van der Waals surface area contributed by atoms with Crippen LogP contribution in [-0.4, -0.2) is 4.37 Å². The van der Waals surface area contributed by atoms with Gasteiger partial charge in [-0.3, -0.25) is 0 Å². The Balaban J connectivity index is 1.49. The van der Waals surface area contributed by atoms with Crippen molar-refractivity contribution in [3.63, 3.8) is 0 Å². The van der Waals surface area contributed by atoms with Gasteiger partial charge in [-0.05, 0) is 66.5 Å². The van der Waals surface area contributed by atoms with E-state index in [1.807, 2.05) is 0 Å². The summed E-state index contributed by atoms with van der Waals surface area (Å²) in [6, 6.07) is 8.69. The van der Waals surface area contributed by atoms with Crippen LogP contribution in [0.25, 0.3) is 11.5 Å². The highest BCUT2D eigenvalue weighted by Gasteiger charge is 2.51. The fraction of sp³-hybridized carbons (Fsp3) is 0.579. The van der Waals surface area contributed by atoms with Gasteiger partial charge >= 0.3 is 4.94 Å². The van der Waals surface area contributed by atoms with Crippen molar-refractivity contribution in [2.24, 2.45) is 17.8 Å². The zero-order valence-electron chi connectivity index (χ0n) is 13.2. The summed E-state index contributed by atoms with van der Waals surface area (Å²) < 4.78 is 9.21. The highest BCUT2D eigenvalue weighted by atomic mass is 32.1. The van der Waals surface area contributed by atoms with Gasteiger partial charge in [-0.1, -0.05) is 31.4 Å². The predicted molar refractivity (Wildman–Crippen MR) is 90.6 cm³/mol. The van der Waals surface area contributed by atoms with E-state index in [1.54, 1.807) is 0 Å². The molecule has 5 rings (SSSR count). The summed E-state index contributed by atoms with van der Waals surface area (Å²) in [5.41, 5.74) is 2.83. The maximum absolute atomic E-state index is 11.2. The van der Waals surface area contributed by atoms with Crippen LogP contribution in [-0.2, 0) is 5.41 Å². The maximum atomic E-state index is 11.2. The van der Waals surface area contributed by atoms with Crippen LogP contribution < -0.4 is 4.94 Å². The molecule has 3 bridgehead atoms. The monoisotopic (exact) mass is 327 g/mol. The van der Waals surface area contributed by atoms with E-state index in [4.69, 9.17) is 4.42 Å². The van der Waals surface area contributed by atoms with E-state index >= 15 is 0 Å². The lowest BCUT2D eigenvalue weighted by molar-refractivity contribution is 0.219. The Bertz CT molecular complexity index is 773. The molecule has 0 spiro atoms. The smallest absolute Gasteiger partial charge is 0.394 e. The van der Waals surface area contributed by atoms with E-state index < -0.39 is 0 Å². The van der Waals surface area contributed by atoms with Gasteiger partial charge in [0.05, 0.1) is 11.5 Å². The molecule has 3 fully saturated rings. The van der Waals surface area contributed by atoms with E-state index in [9.17, 15) is 4.79 Å². The van der Waals surface area contributed by atoms with Gasteiger partial charge in [0, 0.05) is 5.56 Å². The number of aromatic nitrogens is 1. The van der Waals surface area contributed by atoms with Crippen molar-refractivity contribution in [1.82, 2.24) is 4.37 Å². The number of nitrogens with zero attached hydrogens (tertiary/aromatic N) is 1. The molecule has 1 aromatic carbocycles. The minimum Gasteiger partial charge on any atom is -0.394 e. The van der Waals surface area contributed by atoms with E-state index in [-0.39, 0.29) is 4.94 Å². The van der Waals surface area contributed by atoms with Crippen LogP contribution in [0.3, 0.4) is 0 Å². The Morgan fingerprint density at radius 3 is 2.70 bits per heavy atom. The molecule has 3 saturated carbocycles. The SMILES string of the molecule is O=c1oc(-c2ccc(C34CC5CCCC(C3)C(C5)C4)cc2)ns1. The fourth-order valence-corrected chi connectivity index (χ4v) is 6.20. The first-order valence-corrected chi connectivity index (χ1v) is 9.57. The van der Waals surface area contributed by atoms with Gasteiger partial charge in [0.15, 0.2) is 0 Å². The van der Waals surface area contributed by atoms with Gasteiger partial charge in [-0.15, -0.1) is 4.37 Å². The molecule has 3 nitrogen and oxygen atoms in total. The Morgan fingerprint density at radius 2 is 1.91 bits per heavy atom. The van der Waals surface area contributed by atoms with Gasteiger partial charge in [0.2, 0.25) is 5.89 Å². The third-order valence-corrected chi connectivity index (χ3v) is 7.09. The molecule has 3 aliphatic rings. The van der Waals surface area contributed by atoms with Crippen LogP contribution >= 0.6 is 11.5 Å². The third-order valence-electron chi connectivity index (χ3n) is 6.60. The maximum Gasteiger partial charge on any atom is 0.414 e. The van der Waals surface area contributed by atoms with Crippen molar-refractivity contribution >= 4 is 11.5 Å². The third kappa shape index (κ3) is 2.22. The van der Waals surface area contributed by atoms with Crippen molar-refractivity contribution in [1.29, 1.82) is 0 Å². The van der Waals surface area contributed by atoms with Crippen LogP contribution in [0.15, 0.2) is 33.5 Å². The zero-order chi connectivity index (χ0) is 15.4. The summed E-state index contributed by atoms with van der Waals surface area (Å²) in [4.78, 5) is 10.8. The molecule has 23 heavy (non-hydrogen) atoms. The van der Waals surface area contributed by atoms with E-state index in [2.05, 4.69) is 28.6 Å². The van der Waals surface area contributed by atoms with Gasteiger partial charge in [0.1, 0.15) is 0 Å². The molecule has 0 aliphatic heterocycles. The van der Waals surface area contributed by atoms with Crippen LogP contribution in [0, 0.1) is 17.8 Å². The Kier molecular flexibility index (Phi) is 3.06. The first-order chi connectivity index (χ1) is 11.2. The molecule has 0 N–H and O–H groups in total. The summed E-state index contributed by atoms with van der Waals surface area (Å²) in [5, 5.41) is 0. The van der Waals surface area contributed by atoms with Gasteiger partial charge in [-0.2, -0.15) is 0 Å². The van der Waals surface area contributed by atoms with Crippen molar-refractivity contribution in [2.45, 2.75) is 50.4 Å². The van der Waals surface area contributed by atoms with Crippen molar-refractivity contribution in [2.75, 3.05) is 0 Å². The highest BCUT2D eigenvalue weighted by Crippen LogP contribution is 2.60. The topological polar surface area (TPSA) is 43.1 Å². The molecule has 0 radical (unpaired) electrons. The van der Waals surface area contributed by atoms with Crippen LogP contribution in [0.5, 0.6) is 0 Å². The summed E-state index contributed by atoms with van der Waals surface area (Å²) in [6.45, 7) is 0. The fourth-order valence-electron chi connectivity index (χ4n) is 5.78. The quantitative estimate of drug-likeness (QED) is 0.808. The normalized spacial score (nSPS) is 35.4. The molecule has 4 atom stereocenters. The zero-order valence-corrected chi connectivity index (χ0v) is 14.0. The summed E-state index contributed by atoms with van der Waals surface area (Å²) in [7, 11) is 0. The van der Waals surface area contributed by atoms with Crippen LogP contribution in [0.1, 0.15) is 50.5 Å². The average molecular weight is 327 g/mol. The number of hydrogen-bond donors (Lipinski definition) is 0. The van der Waals surface area contributed by atoms with Crippen molar-refractivity contribution < 1.29 is 4.42 Å². The average Bonchev–Trinajstić information content (AvgIpc) is 3.05. The summed E-state index contributed by atoms with van der Waals surface area (Å²) >= 11 is 0.881. The second-order valence-corrected chi connectivity index (χ2v) is 8.56. The molecule has 1 heterocycles. The molecular weight excluding hydrogens is 306 g/mol. The van der Waals surface area contributed by atoms with E-state index in [0.29, 0.717) is 11.3 Å². The number of rotatable bonds is 2. The van der Waals surface area contributed by atoms with Gasteiger partial charge in [-0.25, -0.2) is 4.79 Å². The second kappa shape index (κ2) is 5.04. The number of fused-ring (bicyclic) bond motifs is 2. The first-order valence-electron chi connectivity index (χ1n) is 8.80. The predicted octanol–water partition coefficient (Wildman–Crippen LogP) is 4.62. The molecule has 0 amide bonds. The first kappa shape index (κ1) is 14.0. The van der Waals surface area contributed by atoms with Crippen LogP contribution in [0.4, 0.5) is 0 Å². The van der Waals surface area contributed by atoms with Gasteiger partial charge in [0.25, 0.3) is 0 Å². The number of hydrogen-bond acceptors (Lipinski definition) is 4. The molecular formula is C19H21NO2S. The summed E-state index contributed by atoms with van der Waals surface area (Å²) in [5.74, 6) is 3.32. The standard InChI is InChI=1S/C19H21NO2S/c21-18-22-17(20-23-18)13-4-6-16(7-5-13)19-9-12-2-1-3-14(10-19)15(8-12)11-19/h4-7,12,14-15H,1-3,8-11H2. The lowest BCUT2D eigenvalue weighted by Crippen LogP contribution is -2.30. The minimum atomic E-state index is -0.332. The largest absolute Gasteiger partial charge is 0.414 e. The highest BCUT2D eigenvalue weighted by molar-refractivity contribution is 7.02. The number of benzene rings is 1. The van der Waals surface area contributed by atoms with Crippen molar-refractivity contribution in [3.05, 3.63) is 39.6 Å². The molecule has 120 valence electrons. The lowest BCUT2D eigenvalue weighted by Gasteiger charge is -2.38. The van der Waals surface area contributed by atoms with Gasteiger partial charge < -0.3 is 4.42 Å². The molecule has 4 unspecified atom stereocenters. The van der Waals surface area contributed by atoms with Crippen molar-refractivity contribution in [3.8, 4) is 11.5 Å². The van der Waals surface area contributed by atoms with E-state index in [1.165, 1.54) is 50.5 Å². The second-order valence-electron chi connectivity index (χ2n) is 7.86.